The Morgan fingerprint density at radius 2 is 1.22 bits per heavy atom. The van der Waals surface area contributed by atoms with Gasteiger partial charge in [-0.1, -0.05) is 126 Å². The van der Waals surface area contributed by atoms with E-state index in [0.29, 0.717) is 18.1 Å². The molecule has 0 amide bonds. The summed E-state index contributed by atoms with van der Waals surface area (Å²) in [5.74, 6) is 0.163. The largest absolute Gasteiger partial charge is 0.658 e. The maximum absolute atomic E-state index is 14.6. The Morgan fingerprint density at radius 3 is 1.70 bits per heavy atom. The second-order valence-corrected chi connectivity index (χ2v) is 32.8. The first kappa shape index (κ1) is 63.0. The number of methoxy groups -OCH3 is 2. The van der Waals surface area contributed by atoms with Crippen LogP contribution in [0.15, 0.2) is 95.9 Å². The molecule has 2 heterocycles. The summed E-state index contributed by atoms with van der Waals surface area (Å²) in [4.78, 5) is 42.7. The maximum Gasteiger partial charge on any atom is 0.658 e. The zero-order valence-corrected chi connectivity index (χ0v) is 50.2. The molecule has 18 nitrogen and oxygen atoms in total. The number of benzene rings is 3. The highest BCUT2D eigenvalue weighted by Gasteiger charge is 2.54. The molecule has 0 radical (unpaired) electrons. The normalized spacial score (nSPS) is 17.1. The number of anilines is 1. The minimum Gasteiger partial charge on any atom is -0.497 e. The Hall–Kier alpha value is -4.79. The van der Waals surface area contributed by atoms with Gasteiger partial charge in [-0.2, -0.15) is 4.98 Å². The Bertz CT molecular complexity index is 2360. The molecule has 1 aliphatic heterocycles. The van der Waals surface area contributed by atoms with Crippen molar-refractivity contribution in [3.8, 4) is 11.5 Å². The minimum absolute atomic E-state index is 0.223. The topological polar surface area (TPSA) is 203 Å². The number of carbonyl (C=O) groups is 2. The molecule has 4 aromatic rings. The van der Waals surface area contributed by atoms with Gasteiger partial charge in [-0.05, 0) is 92.7 Å². The van der Waals surface area contributed by atoms with Crippen LogP contribution in [0.5, 0.6) is 11.5 Å². The molecular formula is C56H85N3O15Si3. The predicted molar refractivity (Wildman–Crippen MR) is 300 cm³/mol. The molecule has 426 valence electrons. The van der Waals surface area contributed by atoms with E-state index in [4.69, 9.17) is 50.2 Å². The van der Waals surface area contributed by atoms with Gasteiger partial charge in [-0.3, -0.25) is 14.2 Å². The van der Waals surface area contributed by atoms with E-state index in [9.17, 15) is 19.5 Å². The van der Waals surface area contributed by atoms with Crippen molar-refractivity contribution < 1.29 is 64.9 Å². The highest BCUT2D eigenvalue weighted by Crippen LogP contribution is 2.41. The fraction of sp³-hybridized carbons (Fsp3) is 0.571. The molecule has 4 atom stereocenters. The van der Waals surface area contributed by atoms with E-state index in [1.165, 1.54) is 76.0 Å². The lowest BCUT2D eigenvalue weighted by molar-refractivity contribution is -0.208. The number of hydrogen-bond donors (Lipinski definition) is 2. The third kappa shape index (κ3) is 19.8. The van der Waals surface area contributed by atoms with Crippen LogP contribution in [0.25, 0.3) is 0 Å². The number of aliphatic hydroxyl groups is 1. The summed E-state index contributed by atoms with van der Waals surface area (Å²) in [5.41, 5.74) is 0.657. The number of unbranched alkanes of at least 4 members (excludes halogenated alkanes) is 10. The van der Waals surface area contributed by atoms with E-state index < -0.39 is 86.5 Å². The van der Waals surface area contributed by atoms with Crippen LogP contribution in [0.4, 0.5) is 5.82 Å². The van der Waals surface area contributed by atoms with Gasteiger partial charge in [-0.25, -0.2) is 4.79 Å². The van der Waals surface area contributed by atoms with Crippen LogP contribution in [0.1, 0.15) is 114 Å². The third-order valence-corrected chi connectivity index (χ3v) is 20.5. The lowest BCUT2D eigenvalue weighted by Gasteiger charge is -2.38. The number of aliphatic hydroxyl groups excluding tert-OH is 1. The van der Waals surface area contributed by atoms with Crippen molar-refractivity contribution in [2.75, 3.05) is 46.1 Å². The first-order chi connectivity index (χ1) is 36.7. The Balaban J connectivity index is 1.45. The van der Waals surface area contributed by atoms with E-state index in [1.807, 2.05) is 118 Å². The highest BCUT2D eigenvalue weighted by atomic mass is 28.5. The number of esters is 2. The van der Waals surface area contributed by atoms with Gasteiger partial charge in [0.2, 0.25) is 0 Å². The molecule has 21 heteroatoms. The smallest absolute Gasteiger partial charge is 0.497 e. The molecular weight excluding hydrogens is 1040 g/mol. The summed E-state index contributed by atoms with van der Waals surface area (Å²) in [6.45, 7) is 16.1. The standard InChI is InChI=1S/C56H85N3O15Si3/c1-12-13-14-15-16-17-18-19-20-21-25-38-68-77(73-75(6,7)8,74-76(9,10)11)69-39-49-52(62)53(67-41-66-40-51(70-42(2)60)71-43(3)61)54(72-49)59-37-36-50(57-55(59)63)58-56(44-26-23-22-24-27-44,45-28-32-47(64-4)33-29-45)46-30-34-48(65-5)35-31-46/h22-24,26-37,49,51-54,62H,12-21,25,38-41H2,1-11H3,(H,57,58,63)/t49-,52-,53-,54-/m1/s1. The molecule has 0 spiro atoms. The number of hydrogen-bond acceptors (Lipinski definition) is 17. The van der Waals surface area contributed by atoms with Crippen molar-refractivity contribution in [3.63, 3.8) is 0 Å². The fourth-order valence-electron chi connectivity index (χ4n) is 9.03. The van der Waals surface area contributed by atoms with Crippen molar-refractivity contribution in [1.82, 2.24) is 9.55 Å². The molecule has 0 saturated carbocycles. The Kier molecular flexibility index (Phi) is 25.0. The van der Waals surface area contributed by atoms with E-state index >= 15 is 0 Å². The third-order valence-electron chi connectivity index (χ3n) is 12.5. The van der Waals surface area contributed by atoms with Gasteiger partial charge in [0.1, 0.15) is 54.6 Å². The van der Waals surface area contributed by atoms with Crippen LogP contribution < -0.4 is 20.5 Å². The number of ether oxygens (including phenoxy) is 7. The minimum atomic E-state index is -3.91. The first-order valence-corrected chi connectivity index (χ1v) is 35.4. The van der Waals surface area contributed by atoms with Gasteiger partial charge in [-0.15, -0.1) is 0 Å². The zero-order valence-electron chi connectivity index (χ0n) is 47.2. The van der Waals surface area contributed by atoms with Crippen LogP contribution in [0, 0.1) is 0 Å². The molecule has 1 fully saturated rings. The van der Waals surface area contributed by atoms with Crippen LogP contribution in [-0.2, 0) is 55.9 Å². The van der Waals surface area contributed by atoms with Gasteiger partial charge >= 0.3 is 26.7 Å². The molecule has 0 unspecified atom stereocenters. The zero-order chi connectivity index (χ0) is 56.1. The predicted octanol–water partition coefficient (Wildman–Crippen LogP) is 10.2. The summed E-state index contributed by atoms with van der Waals surface area (Å²) in [6, 6.07) is 26.7. The van der Waals surface area contributed by atoms with Gasteiger partial charge in [0.15, 0.2) is 22.9 Å². The Labute approximate surface area is 459 Å². The van der Waals surface area contributed by atoms with Crippen molar-refractivity contribution in [3.05, 3.63) is 118 Å². The highest BCUT2D eigenvalue weighted by molar-refractivity contribution is 6.83. The SMILES string of the molecule is CCCCCCCCCCCCCO[Si](OC[C@H]1O[C@@H](n2ccc(NC(c3ccccc3)(c3ccc(OC)cc3)c3ccc(OC)cc3)nc2=O)[C@H](OCOCC(OC(C)=O)OC(C)=O)[C@@H]1O)(O[Si](C)(C)C)O[Si](C)(C)C. The monoisotopic (exact) mass is 1120 g/mol. The maximum atomic E-state index is 14.6. The summed E-state index contributed by atoms with van der Waals surface area (Å²) in [7, 11) is -5.49. The lowest BCUT2D eigenvalue weighted by Crippen LogP contribution is -2.60. The number of rotatable bonds is 35. The summed E-state index contributed by atoms with van der Waals surface area (Å²) in [5, 5.41) is 15.8. The number of nitrogens with zero attached hydrogens (tertiary/aromatic N) is 2. The van der Waals surface area contributed by atoms with E-state index in [1.54, 1.807) is 20.3 Å². The summed E-state index contributed by atoms with van der Waals surface area (Å²) in [6.07, 6.45) is 8.13. The van der Waals surface area contributed by atoms with Crippen molar-refractivity contribution in [1.29, 1.82) is 0 Å². The number of nitrogens with one attached hydrogen (secondary N) is 1. The fourth-order valence-corrected chi connectivity index (χ4v) is 17.4. The number of aromatic nitrogens is 2. The average molecular weight is 1120 g/mol. The molecule has 1 aliphatic rings. The molecule has 2 N–H and O–H groups in total. The van der Waals surface area contributed by atoms with Crippen molar-refractivity contribution in [2.45, 2.75) is 167 Å². The molecule has 3 aromatic carbocycles. The van der Waals surface area contributed by atoms with Crippen LogP contribution >= 0.6 is 0 Å². The van der Waals surface area contributed by atoms with Crippen molar-refractivity contribution >= 4 is 43.4 Å². The molecule has 77 heavy (non-hydrogen) atoms. The second-order valence-electron chi connectivity index (χ2n) is 21.1. The summed E-state index contributed by atoms with van der Waals surface area (Å²) >= 11 is 0. The van der Waals surface area contributed by atoms with Gasteiger partial charge < -0.3 is 60.7 Å². The van der Waals surface area contributed by atoms with Crippen LogP contribution in [-0.4, -0.2) is 118 Å². The number of carbonyl (C=O) groups excluding carboxylic acids is 2. The van der Waals surface area contributed by atoms with Crippen LogP contribution in [0.3, 0.4) is 0 Å². The van der Waals surface area contributed by atoms with E-state index in [2.05, 4.69) is 17.2 Å². The van der Waals surface area contributed by atoms with Crippen LogP contribution in [0.2, 0.25) is 39.3 Å². The molecule has 1 aromatic heterocycles. The molecule has 1 saturated heterocycles. The second kappa shape index (κ2) is 30.5. The van der Waals surface area contributed by atoms with Crippen molar-refractivity contribution in [2.24, 2.45) is 0 Å². The van der Waals surface area contributed by atoms with Gasteiger partial charge in [0.25, 0.3) is 6.29 Å². The van der Waals surface area contributed by atoms with Gasteiger partial charge in [0.05, 0.1) is 20.8 Å². The van der Waals surface area contributed by atoms with Gasteiger partial charge in [0, 0.05) is 26.7 Å². The van der Waals surface area contributed by atoms with E-state index in [-0.39, 0.29) is 19.0 Å². The Morgan fingerprint density at radius 1 is 0.714 bits per heavy atom. The van der Waals surface area contributed by atoms with E-state index in [0.717, 1.165) is 36.0 Å². The molecule has 5 rings (SSSR count). The molecule has 0 aliphatic carbocycles. The summed E-state index contributed by atoms with van der Waals surface area (Å²) < 4.78 is 67.8. The molecule has 0 bridgehead atoms. The lowest BCUT2D eigenvalue weighted by atomic mass is 9.77. The first-order valence-electron chi connectivity index (χ1n) is 27.0. The quantitative estimate of drug-likeness (QED) is 0.0145. The average Bonchev–Trinajstić information content (AvgIpc) is 3.74.